The summed E-state index contributed by atoms with van der Waals surface area (Å²) in [6.45, 7) is 0.573. The predicted octanol–water partition coefficient (Wildman–Crippen LogP) is 3.64. The van der Waals surface area contributed by atoms with Crippen molar-refractivity contribution in [2.75, 3.05) is 46.3 Å². The van der Waals surface area contributed by atoms with Gasteiger partial charge in [0.25, 0.3) is 11.8 Å². The Morgan fingerprint density at radius 3 is 2.62 bits per heavy atom. The number of nitrogens with two attached hydrogens (primary N) is 1. The molecule has 6 rings (SSSR count). The van der Waals surface area contributed by atoms with Gasteiger partial charge in [0.2, 0.25) is 0 Å². The first-order chi connectivity index (χ1) is 23.1. The lowest BCUT2D eigenvalue weighted by Gasteiger charge is -2.50. The molecule has 3 heterocycles. The fourth-order valence-electron chi connectivity index (χ4n) is 6.69. The van der Waals surface area contributed by atoms with Crippen LogP contribution < -0.4 is 15.8 Å². The molecule has 2 unspecified atom stereocenters. The number of aryl methyl sites for hydroxylation is 1. The number of thioether (sulfide) groups is 1. The molecule has 2 aliphatic heterocycles. The highest BCUT2D eigenvalue weighted by Gasteiger charge is 2.55. The number of aromatic nitrogens is 1. The van der Waals surface area contributed by atoms with Crippen LogP contribution in [-0.4, -0.2) is 89.9 Å². The highest BCUT2D eigenvalue weighted by Crippen LogP contribution is 2.43. The van der Waals surface area contributed by atoms with Gasteiger partial charge >= 0.3 is 5.97 Å². The van der Waals surface area contributed by atoms with Gasteiger partial charge in [0, 0.05) is 28.7 Å². The van der Waals surface area contributed by atoms with E-state index in [9.17, 15) is 14.4 Å². The summed E-state index contributed by atoms with van der Waals surface area (Å²) in [5, 5.41) is 7.97. The Balaban J connectivity index is 1.26. The van der Waals surface area contributed by atoms with Crippen LogP contribution in [0.4, 0.5) is 5.13 Å². The van der Waals surface area contributed by atoms with Crippen molar-refractivity contribution >= 4 is 51.7 Å². The lowest BCUT2D eigenvalue weighted by atomic mass is 9.85. The highest BCUT2D eigenvalue weighted by molar-refractivity contribution is 8.00. The number of methoxy groups -OCH3 is 1. The van der Waals surface area contributed by atoms with E-state index in [-0.39, 0.29) is 34.9 Å². The average molecular weight is 692 g/mol. The zero-order valence-electron chi connectivity index (χ0n) is 27.3. The quantitative estimate of drug-likeness (QED) is 0.101. The number of amides is 2. The van der Waals surface area contributed by atoms with Gasteiger partial charge < -0.3 is 29.8 Å². The third-order valence-electron chi connectivity index (χ3n) is 9.00. The molecule has 1 saturated heterocycles. The maximum Gasteiger partial charge on any atom is 0.355 e. The van der Waals surface area contributed by atoms with Crippen molar-refractivity contribution in [2.45, 2.75) is 43.3 Å². The van der Waals surface area contributed by atoms with Crippen molar-refractivity contribution in [3.63, 3.8) is 0 Å². The van der Waals surface area contributed by atoms with Crippen molar-refractivity contribution in [2.24, 2.45) is 5.16 Å². The second kappa shape index (κ2) is 14.0. The van der Waals surface area contributed by atoms with Gasteiger partial charge in [0.1, 0.15) is 54.9 Å². The number of likely N-dealkylation sites (N-methyl/N-ethyl adjacent to an activating group) is 1. The van der Waals surface area contributed by atoms with Gasteiger partial charge in [0.05, 0.1) is 21.2 Å². The van der Waals surface area contributed by atoms with Crippen LogP contribution >= 0.6 is 23.1 Å². The molecule has 2 amide bonds. The lowest BCUT2D eigenvalue weighted by molar-refractivity contribution is -0.917. The SMILES string of the molecule is CO/N=C(\C(=O)N[C@@H]1C(=O)N2C(C(=O)OCc3ccc(OC)cc3)=C(C[N+](C)(C)C3CCCc4ccccc43)CSC12)c1csc(N)n1. The molecule has 0 bridgehead atoms. The van der Waals surface area contributed by atoms with Crippen LogP contribution in [-0.2, 0) is 37.0 Å². The molecular formula is C34H39N6O6S2+. The van der Waals surface area contributed by atoms with E-state index in [1.54, 1.807) is 24.6 Å². The first-order valence-corrected chi connectivity index (χ1v) is 17.5. The van der Waals surface area contributed by atoms with E-state index in [0.717, 1.165) is 41.7 Å². The minimum Gasteiger partial charge on any atom is -0.497 e. The molecule has 3 atom stereocenters. The van der Waals surface area contributed by atoms with Gasteiger partial charge in [-0.2, -0.15) is 0 Å². The number of hydrogen-bond donors (Lipinski definition) is 2. The molecule has 48 heavy (non-hydrogen) atoms. The fraction of sp³-hybridized carbons (Fsp3) is 0.382. The zero-order valence-corrected chi connectivity index (χ0v) is 28.9. The fourth-order valence-corrected chi connectivity index (χ4v) is 8.57. The molecule has 3 aromatic rings. The summed E-state index contributed by atoms with van der Waals surface area (Å²) in [5.74, 6) is -0.424. The first-order valence-electron chi connectivity index (χ1n) is 15.6. The Bertz CT molecular complexity index is 1770. The molecular weight excluding hydrogens is 653 g/mol. The standard InChI is InChI=1S/C34H38N6O6S2/c1-40(2,26-11-7-9-21-8-5-6-10-24(21)26)16-22-18-47-32-28(37-30(41)27(38-45-4)25-19-48-34(35)36-25)31(42)39(32)29(22)33(43)46-17-20-12-14-23(44-3)15-13-20/h5-6,8,10,12-15,19,26,28,32H,7,9,11,16-18H2,1-4H3,(H2-,35,36,37,41)/p+1/b38-27-/t26?,28-,32?/m1/s1. The average Bonchev–Trinajstić information content (AvgIpc) is 3.53. The van der Waals surface area contributed by atoms with Crippen LogP contribution in [0.2, 0.25) is 0 Å². The number of anilines is 1. The van der Waals surface area contributed by atoms with E-state index < -0.39 is 29.2 Å². The van der Waals surface area contributed by atoms with Gasteiger partial charge in [-0.3, -0.25) is 14.5 Å². The minimum absolute atomic E-state index is 0.0292. The highest BCUT2D eigenvalue weighted by atomic mass is 32.2. The van der Waals surface area contributed by atoms with E-state index in [1.807, 2.05) is 12.1 Å². The second-order valence-corrected chi connectivity index (χ2v) is 14.5. The summed E-state index contributed by atoms with van der Waals surface area (Å²) < 4.78 is 11.7. The van der Waals surface area contributed by atoms with Crippen molar-refractivity contribution in [1.29, 1.82) is 0 Å². The number of carbonyl (C=O) groups is 3. The molecule has 3 N–H and O–H groups in total. The summed E-state index contributed by atoms with van der Waals surface area (Å²) in [6, 6.07) is 15.2. The number of nitrogens with zero attached hydrogens (tertiary/aromatic N) is 4. The second-order valence-electron chi connectivity index (χ2n) is 12.5. The number of fused-ring (bicyclic) bond motifs is 2. The van der Waals surface area contributed by atoms with Gasteiger partial charge in [0.15, 0.2) is 10.8 Å². The van der Waals surface area contributed by atoms with Crippen molar-refractivity contribution in [3.8, 4) is 5.75 Å². The lowest BCUT2D eigenvalue weighted by Crippen LogP contribution is -2.71. The Kier molecular flexibility index (Phi) is 9.76. The van der Waals surface area contributed by atoms with Gasteiger partial charge in [-0.1, -0.05) is 41.6 Å². The van der Waals surface area contributed by atoms with Crippen LogP contribution in [0.5, 0.6) is 5.75 Å². The molecule has 0 spiro atoms. The minimum atomic E-state index is -0.890. The maximum atomic E-state index is 14.0. The van der Waals surface area contributed by atoms with Crippen molar-refractivity contribution in [1.82, 2.24) is 15.2 Å². The largest absolute Gasteiger partial charge is 0.497 e. The number of esters is 1. The number of thiazole rings is 1. The number of nitrogens with one attached hydrogen (secondary N) is 1. The van der Waals surface area contributed by atoms with E-state index in [1.165, 1.54) is 34.9 Å². The Hall–Kier alpha value is -4.40. The Labute approximate surface area is 287 Å². The summed E-state index contributed by atoms with van der Waals surface area (Å²) in [6.07, 6.45) is 3.17. The number of quaternary nitrogens is 1. The molecule has 0 radical (unpaired) electrons. The molecule has 2 aromatic carbocycles. The molecule has 3 aliphatic rings. The monoisotopic (exact) mass is 691 g/mol. The molecule has 1 aliphatic carbocycles. The van der Waals surface area contributed by atoms with Crippen LogP contribution in [0.1, 0.15) is 41.3 Å². The van der Waals surface area contributed by atoms with Crippen molar-refractivity contribution < 1.29 is 33.2 Å². The molecule has 1 fully saturated rings. The smallest absolute Gasteiger partial charge is 0.355 e. The normalized spacial score (nSPS) is 20.8. The maximum absolute atomic E-state index is 14.0. The summed E-state index contributed by atoms with van der Waals surface area (Å²) in [4.78, 5) is 51.6. The van der Waals surface area contributed by atoms with E-state index in [0.29, 0.717) is 22.5 Å². The Morgan fingerprint density at radius 2 is 1.92 bits per heavy atom. The third kappa shape index (κ3) is 6.64. The summed E-state index contributed by atoms with van der Waals surface area (Å²) >= 11 is 2.67. The number of hydrogen-bond acceptors (Lipinski definition) is 11. The van der Waals surface area contributed by atoms with Crippen LogP contribution in [0.15, 0.2) is 70.3 Å². The third-order valence-corrected chi connectivity index (χ3v) is 11.0. The molecule has 12 nitrogen and oxygen atoms in total. The van der Waals surface area contributed by atoms with Gasteiger partial charge in [-0.05, 0) is 36.1 Å². The number of rotatable bonds is 11. The number of oxime groups is 1. The number of carbonyl (C=O) groups excluding carboxylic acids is 3. The van der Waals surface area contributed by atoms with Crippen LogP contribution in [0.3, 0.4) is 0 Å². The van der Waals surface area contributed by atoms with Crippen molar-refractivity contribution in [3.05, 3.63) is 87.6 Å². The molecule has 252 valence electrons. The summed E-state index contributed by atoms with van der Waals surface area (Å²) in [7, 11) is 7.27. The summed E-state index contributed by atoms with van der Waals surface area (Å²) in [5.41, 5.74) is 10.5. The molecule has 0 saturated carbocycles. The van der Waals surface area contributed by atoms with E-state index >= 15 is 0 Å². The number of benzene rings is 2. The first kappa shape index (κ1) is 33.5. The Morgan fingerprint density at radius 1 is 1.15 bits per heavy atom. The van der Waals surface area contributed by atoms with E-state index in [4.69, 9.17) is 20.0 Å². The van der Waals surface area contributed by atoms with E-state index in [2.05, 4.69) is 53.8 Å². The van der Waals surface area contributed by atoms with Gasteiger partial charge in [-0.25, -0.2) is 9.78 Å². The number of β-lactam (4-membered cyclic amide) rings is 1. The topological polar surface area (TPSA) is 145 Å². The van der Waals surface area contributed by atoms with Crippen LogP contribution in [0.25, 0.3) is 0 Å². The number of ether oxygens (including phenoxy) is 2. The zero-order chi connectivity index (χ0) is 34.0. The predicted molar refractivity (Wildman–Crippen MR) is 184 cm³/mol. The van der Waals surface area contributed by atoms with Gasteiger partial charge in [-0.15, -0.1) is 23.1 Å². The molecule has 14 heteroatoms. The molecule has 1 aromatic heterocycles. The van der Waals surface area contributed by atoms with Crippen LogP contribution in [0, 0.1) is 0 Å². The number of nitrogen functional groups attached to an aromatic ring is 1.